The van der Waals surface area contributed by atoms with E-state index in [1.165, 1.54) is 19.1 Å². The molecular weight excluding hydrogens is 430 g/mol. The predicted molar refractivity (Wildman–Crippen MR) is 98.0 cm³/mol. The molecule has 0 saturated carbocycles. The molecule has 2 atom stereocenters. The van der Waals surface area contributed by atoms with Crippen LogP contribution in [0.1, 0.15) is 29.8 Å². The number of nitrogens with one attached hydrogen (secondary N) is 1. The zero-order valence-corrected chi connectivity index (χ0v) is 16.3. The first-order valence-corrected chi connectivity index (χ1v) is 9.03. The lowest BCUT2D eigenvalue weighted by atomic mass is 9.74. The van der Waals surface area contributed by atoms with E-state index >= 15 is 0 Å². The van der Waals surface area contributed by atoms with Crippen molar-refractivity contribution < 1.29 is 27.2 Å². The van der Waals surface area contributed by atoms with Gasteiger partial charge in [0.2, 0.25) is 11.7 Å². The smallest absolute Gasteiger partial charge is 0.352 e. The molecule has 0 spiro atoms. The third-order valence-electron chi connectivity index (χ3n) is 5.01. The van der Waals surface area contributed by atoms with Gasteiger partial charge in [-0.1, -0.05) is 17.7 Å². The van der Waals surface area contributed by atoms with Gasteiger partial charge >= 0.3 is 12.2 Å². The maximum Gasteiger partial charge on any atom is 0.451 e. The van der Waals surface area contributed by atoms with Gasteiger partial charge in [-0.3, -0.25) is 4.79 Å². The summed E-state index contributed by atoms with van der Waals surface area (Å²) in [4.78, 5) is 32.8. The summed E-state index contributed by atoms with van der Waals surface area (Å²) in [7, 11) is 0. The number of aromatic nitrogens is 2. The summed E-state index contributed by atoms with van der Waals surface area (Å²) in [6.07, 6.45) is -2.95. The molecule has 0 aliphatic carbocycles. The first-order chi connectivity index (χ1) is 14.0. The fourth-order valence-electron chi connectivity index (χ4n) is 3.61. The maximum atomic E-state index is 13.7. The monoisotopic (exact) mass is 445 g/mol. The van der Waals surface area contributed by atoms with Crippen molar-refractivity contribution in [1.29, 1.82) is 0 Å². The van der Waals surface area contributed by atoms with Crippen LogP contribution in [-0.2, 0) is 11.0 Å². The second kappa shape index (κ2) is 7.71. The molecule has 2 heterocycles. The van der Waals surface area contributed by atoms with Crippen molar-refractivity contribution in [3.63, 3.8) is 0 Å². The molecule has 2 aromatic rings. The first kappa shape index (κ1) is 21.8. The summed E-state index contributed by atoms with van der Waals surface area (Å²) in [6, 6.07) is 2.69. The summed E-state index contributed by atoms with van der Waals surface area (Å²) in [6.45, 7) is 1.61. The molecule has 1 aromatic carbocycles. The molecule has 1 aliphatic rings. The molecule has 3 amide bonds. The number of rotatable bonds is 3. The zero-order chi connectivity index (χ0) is 22.3. The van der Waals surface area contributed by atoms with Crippen molar-refractivity contribution >= 4 is 23.5 Å². The Morgan fingerprint density at radius 2 is 1.93 bits per heavy atom. The number of hydrogen-bond acceptors (Lipinski definition) is 4. The molecule has 7 nitrogen and oxygen atoms in total. The highest BCUT2D eigenvalue weighted by atomic mass is 35.5. The lowest BCUT2D eigenvalue weighted by molar-refractivity contribution is -0.145. The van der Waals surface area contributed by atoms with Gasteiger partial charge in [0.15, 0.2) is 0 Å². The molecule has 1 unspecified atom stereocenters. The third kappa shape index (κ3) is 3.76. The fourth-order valence-corrected chi connectivity index (χ4v) is 3.80. The minimum absolute atomic E-state index is 0.0600. The fraction of sp³-hybridized carbons (Fsp3) is 0.333. The Kier molecular flexibility index (Phi) is 5.59. The summed E-state index contributed by atoms with van der Waals surface area (Å²) in [5, 5.41) is 2.36. The topological polar surface area (TPSA) is 101 Å². The number of alkyl halides is 3. The Balaban J connectivity index is 2.22. The van der Waals surface area contributed by atoms with Gasteiger partial charge in [0.05, 0.1) is 5.02 Å². The van der Waals surface area contributed by atoms with Crippen molar-refractivity contribution in [2.45, 2.75) is 24.6 Å². The lowest BCUT2D eigenvalue weighted by Crippen LogP contribution is -2.68. The van der Waals surface area contributed by atoms with Crippen molar-refractivity contribution in [1.82, 2.24) is 20.2 Å². The SMILES string of the molecule is CC1([C@H](c2cnc(C(F)(F)F)nc2)c2ccc(F)c(Cl)c2)C(=O)NCCN1C(N)=O. The van der Waals surface area contributed by atoms with Crippen LogP contribution in [0.15, 0.2) is 30.6 Å². The quantitative estimate of drug-likeness (QED) is 0.709. The Morgan fingerprint density at radius 1 is 1.30 bits per heavy atom. The van der Waals surface area contributed by atoms with E-state index in [0.29, 0.717) is 0 Å². The number of benzene rings is 1. The van der Waals surface area contributed by atoms with Crippen LogP contribution in [0.25, 0.3) is 0 Å². The molecule has 1 saturated heterocycles. The van der Waals surface area contributed by atoms with Gasteiger partial charge in [-0.05, 0) is 30.2 Å². The van der Waals surface area contributed by atoms with E-state index in [2.05, 4.69) is 15.3 Å². The molecule has 0 radical (unpaired) electrons. The van der Waals surface area contributed by atoms with Crippen LogP contribution in [0.2, 0.25) is 5.02 Å². The van der Waals surface area contributed by atoms with Crippen LogP contribution in [-0.4, -0.2) is 45.4 Å². The highest BCUT2D eigenvalue weighted by Crippen LogP contribution is 2.41. The standard InChI is InChI=1S/C18H16ClF4N5O2/c1-17(15(29)25-4-5-28(17)16(24)30)13(9-2-3-12(20)11(19)6-9)10-7-26-14(27-8-10)18(21,22)23/h2-3,6-8,13H,4-5H2,1H3,(H2,24,30)(H,25,29)/t13-,17?/m0/s1. The average Bonchev–Trinajstić information content (AvgIpc) is 2.66. The molecule has 3 rings (SSSR count). The molecule has 0 bridgehead atoms. The molecular formula is C18H16ClF4N5O2. The molecule has 1 aliphatic heterocycles. The summed E-state index contributed by atoms with van der Waals surface area (Å²) < 4.78 is 52.4. The van der Waals surface area contributed by atoms with Gasteiger partial charge in [-0.25, -0.2) is 19.2 Å². The maximum absolute atomic E-state index is 13.7. The van der Waals surface area contributed by atoms with Gasteiger partial charge in [-0.2, -0.15) is 13.2 Å². The average molecular weight is 446 g/mol. The zero-order valence-electron chi connectivity index (χ0n) is 15.5. The number of amides is 3. The number of primary amides is 1. The van der Waals surface area contributed by atoms with Crippen molar-refractivity contribution in [2.24, 2.45) is 5.73 Å². The number of piperazine rings is 1. The van der Waals surface area contributed by atoms with Crippen molar-refractivity contribution in [3.8, 4) is 0 Å². The van der Waals surface area contributed by atoms with E-state index in [1.807, 2.05) is 0 Å². The first-order valence-electron chi connectivity index (χ1n) is 8.65. The van der Waals surface area contributed by atoms with Crippen molar-refractivity contribution in [2.75, 3.05) is 13.1 Å². The molecule has 160 valence electrons. The normalized spacial score (nSPS) is 20.6. The molecule has 1 fully saturated rings. The minimum Gasteiger partial charge on any atom is -0.352 e. The van der Waals surface area contributed by atoms with Gasteiger partial charge in [0.1, 0.15) is 11.4 Å². The third-order valence-corrected chi connectivity index (χ3v) is 5.29. The molecule has 12 heteroatoms. The number of hydrogen-bond donors (Lipinski definition) is 2. The van der Waals surface area contributed by atoms with Crippen LogP contribution in [0, 0.1) is 5.82 Å². The Morgan fingerprint density at radius 3 is 2.47 bits per heavy atom. The number of carbonyl (C=O) groups excluding carboxylic acids is 2. The molecule has 30 heavy (non-hydrogen) atoms. The molecule has 3 N–H and O–H groups in total. The van der Waals surface area contributed by atoms with E-state index in [4.69, 9.17) is 17.3 Å². The predicted octanol–water partition coefficient (Wildman–Crippen LogP) is 2.69. The minimum atomic E-state index is -4.77. The molecule has 1 aromatic heterocycles. The van der Waals surface area contributed by atoms with Crippen LogP contribution in [0.4, 0.5) is 22.4 Å². The number of urea groups is 1. The number of carbonyl (C=O) groups is 2. The van der Waals surface area contributed by atoms with E-state index in [0.717, 1.165) is 23.4 Å². The lowest BCUT2D eigenvalue weighted by Gasteiger charge is -2.47. The Labute approximate surface area is 173 Å². The van der Waals surface area contributed by atoms with Gasteiger partial charge in [0, 0.05) is 31.4 Å². The second-order valence-corrected chi connectivity index (χ2v) is 7.24. The van der Waals surface area contributed by atoms with E-state index in [1.54, 1.807) is 0 Å². The van der Waals surface area contributed by atoms with E-state index in [-0.39, 0.29) is 29.2 Å². The van der Waals surface area contributed by atoms with E-state index in [9.17, 15) is 27.2 Å². The van der Waals surface area contributed by atoms with Crippen molar-refractivity contribution in [3.05, 3.63) is 58.4 Å². The van der Waals surface area contributed by atoms with Gasteiger partial charge in [0.25, 0.3) is 0 Å². The second-order valence-electron chi connectivity index (χ2n) is 6.84. The number of nitrogens with two attached hydrogens (primary N) is 1. The number of nitrogens with zero attached hydrogens (tertiary/aromatic N) is 3. The number of halogens is 5. The highest BCUT2D eigenvalue weighted by molar-refractivity contribution is 6.30. The largest absolute Gasteiger partial charge is 0.451 e. The van der Waals surface area contributed by atoms with Gasteiger partial charge < -0.3 is 16.0 Å². The Hall–Kier alpha value is -2.95. The highest BCUT2D eigenvalue weighted by Gasteiger charge is 2.51. The van der Waals surface area contributed by atoms with Gasteiger partial charge in [-0.15, -0.1) is 0 Å². The summed E-state index contributed by atoms with van der Waals surface area (Å²) >= 11 is 5.89. The van der Waals surface area contributed by atoms with E-state index < -0.39 is 41.2 Å². The van der Waals surface area contributed by atoms with Crippen LogP contribution in [0.5, 0.6) is 0 Å². The van der Waals surface area contributed by atoms with Crippen LogP contribution >= 0.6 is 11.6 Å². The van der Waals surface area contributed by atoms with Crippen LogP contribution < -0.4 is 11.1 Å². The van der Waals surface area contributed by atoms with Crippen LogP contribution in [0.3, 0.4) is 0 Å². The summed E-state index contributed by atoms with van der Waals surface area (Å²) in [5.74, 6) is -3.79. The summed E-state index contributed by atoms with van der Waals surface area (Å²) in [5.41, 5.74) is 4.14. The Bertz CT molecular complexity index is 986.